The quantitative estimate of drug-likeness (QED) is 0.489. The van der Waals surface area contributed by atoms with Crippen molar-refractivity contribution in [1.29, 1.82) is 0 Å². The molecule has 3 heterocycles. The van der Waals surface area contributed by atoms with Gasteiger partial charge in [-0.2, -0.15) is 5.10 Å². The molecule has 154 valence electrons. The third kappa shape index (κ3) is 3.39. The van der Waals surface area contributed by atoms with Gasteiger partial charge in [0.05, 0.1) is 16.3 Å². The van der Waals surface area contributed by atoms with Crippen LogP contribution in [-0.4, -0.2) is 26.6 Å². The molecule has 0 atom stereocenters. The summed E-state index contributed by atoms with van der Waals surface area (Å²) in [6, 6.07) is 11.2. The summed E-state index contributed by atoms with van der Waals surface area (Å²) in [4.78, 5) is 28.6. The van der Waals surface area contributed by atoms with E-state index in [9.17, 15) is 9.59 Å². The number of nitrogens with zero attached hydrogens (tertiary/aromatic N) is 3. The highest BCUT2D eigenvalue weighted by atomic mass is 35.5. The molecule has 3 aromatic heterocycles. The van der Waals surface area contributed by atoms with E-state index in [0.717, 1.165) is 33.8 Å². The lowest BCUT2D eigenvalue weighted by molar-refractivity contribution is 0.0992. The van der Waals surface area contributed by atoms with Gasteiger partial charge in [-0.1, -0.05) is 17.7 Å². The van der Waals surface area contributed by atoms with Crippen molar-refractivity contribution in [3.63, 3.8) is 0 Å². The third-order valence-corrected chi connectivity index (χ3v) is 6.36. The Morgan fingerprint density at radius 3 is 2.81 bits per heavy atom. The lowest BCUT2D eigenvalue weighted by Gasteiger charge is -2.19. The number of nitrogens with two attached hydrogens (primary N) is 1. The van der Waals surface area contributed by atoms with Gasteiger partial charge in [-0.05, 0) is 54.1 Å². The fraction of sp³-hybridized carbons (Fsp3) is 0.0909. The number of rotatable bonds is 4. The molecule has 0 saturated carbocycles. The maximum atomic E-state index is 12.7. The van der Waals surface area contributed by atoms with Gasteiger partial charge < -0.3 is 11.1 Å². The van der Waals surface area contributed by atoms with E-state index in [2.05, 4.69) is 15.4 Å². The maximum absolute atomic E-state index is 12.7. The topological polar surface area (TPSA) is 103 Å². The van der Waals surface area contributed by atoms with Crippen molar-refractivity contribution in [3.8, 4) is 16.3 Å². The first kappa shape index (κ1) is 19.5. The van der Waals surface area contributed by atoms with E-state index in [-0.39, 0.29) is 16.6 Å². The first-order valence-electron chi connectivity index (χ1n) is 9.52. The minimum atomic E-state index is -0.549. The highest BCUT2D eigenvalue weighted by Gasteiger charge is 2.28. The number of hydrogen-bond acceptors (Lipinski definition) is 5. The number of aromatic nitrogens is 3. The van der Waals surface area contributed by atoms with Crippen molar-refractivity contribution in [3.05, 3.63) is 81.6 Å². The van der Waals surface area contributed by atoms with Crippen LogP contribution in [0.15, 0.2) is 54.2 Å². The predicted molar refractivity (Wildman–Crippen MR) is 120 cm³/mol. The number of anilines is 1. The van der Waals surface area contributed by atoms with Crippen LogP contribution in [0.1, 0.15) is 32.0 Å². The number of carbonyl (C=O) groups is 2. The molecule has 1 aliphatic carbocycles. The molecule has 2 amide bonds. The van der Waals surface area contributed by atoms with Gasteiger partial charge in [0.25, 0.3) is 11.8 Å². The molecule has 0 saturated heterocycles. The predicted octanol–water partition coefficient (Wildman–Crippen LogP) is 4.10. The minimum absolute atomic E-state index is 0.280. The summed E-state index contributed by atoms with van der Waals surface area (Å²) in [6.45, 7) is 0. The maximum Gasteiger partial charge on any atom is 0.269 e. The second-order valence-electron chi connectivity index (χ2n) is 7.08. The number of fused-ring (bicyclic) bond motifs is 3. The monoisotopic (exact) mass is 449 g/mol. The van der Waals surface area contributed by atoms with Crippen LogP contribution in [-0.2, 0) is 12.8 Å². The average Bonchev–Trinajstić information content (AvgIpc) is 3.41. The molecule has 9 heteroatoms. The minimum Gasteiger partial charge on any atom is -0.364 e. The molecule has 0 aliphatic heterocycles. The fourth-order valence-corrected chi connectivity index (χ4v) is 4.71. The Morgan fingerprint density at radius 1 is 1.19 bits per heavy atom. The Morgan fingerprint density at radius 2 is 2.06 bits per heavy atom. The first-order chi connectivity index (χ1) is 15.0. The number of amides is 2. The van der Waals surface area contributed by atoms with Crippen LogP contribution in [0.25, 0.3) is 16.3 Å². The van der Waals surface area contributed by atoms with Crippen molar-refractivity contribution in [1.82, 2.24) is 14.8 Å². The Labute approximate surface area is 186 Å². The number of carbonyl (C=O) groups excluding carboxylic acids is 2. The van der Waals surface area contributed by atoms with Gasteiger partial charge in [0, 0.05) is 29.2 Å². The second kappa shape index (κ2) is 7.64. The molecule has 1 aromatic carbocycles. The van der Waals surface area contributed by atoms with Gasteiger partial charge in [0.1, 0.15) is 5.00 Å². The molecule has 0 bridgehead atoms. The van der Waals surface area contributed by atoms with E-state index >= 15 is 0 Å². The van der Waals surface area contributed by atoms with Crippen LogP contribution in [0, 0.1) is 0 Å². The smallest absolute Gasteiger partial charge is 0.269 e. The number of primary amides is 1. The van der Waals surface area contributed by atoms with Crippen LogP contribution >= 0.6 is 22.9 Å². The molecule has 0 fully saturated rings. The summed E-state index contributed by atoms with van der Waals surface area (Å²) in [6.07, 6.45) is 4.37. The van der Waals surface area contributed by atoms with Gasteiger partial charge in [0.15, 0.2) is 5.69 Å². The molecular formula is C22H16ClN5O2S. The van der Waals surface area contributed by atoms with Crippen molar-refractivity contribution >= 4 is 40.4 Å². The summed E-state index contributed by atoms with van der Waals surface area (Å²) in [5.41, 5.74) is 10.5. The number of hydrogen-bond donors (Lipinski definition) is 2. The molecule has 5 rings (SSSR count). The molecule has 4 aromatic rings. The van der Waals surface area contributed by atoms with Crippen molar-refractivity contribution in [2.75, 3.05) is 5.32 Å². The van der Waals surface area contributed by atoms with E-state index in [1.165, 1.54) is 23.7 Å². The number of pyridine rings is 1. The lowest BCUT2D eigenvalue weighted by atomic mass is 9.88. The van der Waals surface area contributed by atoms with Gasteiger partial charge in [-0.15, -0.1) is 11.3 Å². The van der Waals surface area contributed by atoms with Crippen LogP contribution in [0.3, 0.4) is 0 Å². The van der Waals surface area contributed by atoms with Crippen molar-refractivity contribution in [2.24, 2.45) is 5.73 Å². The summed E-state index contributed by atoms with van der Waals surface area (Å²) >= 11 is 7.62. The lowest BCUT2D eigenvalue weighted by Crippen LogP contribution is -2.16. The highest BCUT2D eigenvalue weighted by Crippen LogP contribution is 2.39. The Hall–Kier alpha value is -3.49. The summed E-state index contributed by atoms with van der Waals surface area (Å²) in [5, 5.41) is 10.5. The van der Waals surface area contributed by atoms with E-state index in [4.69, 9.17) is 17.3 Å². The fourth-order valence-electron chi connectivity index (χ4n) is 3.82. The molecule has 7 nitrogen and oxygen atoms in total. The molecule has 0 unspecified atom stereocenters. The average molecular weight is 450 g/mol. The van der Waals surface area contributed by atoms with Crippen LogP contribution in [0.5, 0.6) is 0 Å². The zero-order valence-corrected chi connectivity index (χ0v) is 17.7. The number of thiophene rings is 1. The second-order valence-corrected chi connectivity index (χ2v) is 8.42. The Kier molecular flexibility index (Phi) is 4.80. The Balaban J connectivity index is 1.60. The summed E-state index contributed by atoms with van der Waals surface area (Å²) in [5.74, 6) is -0.875. The normalized spacial score (nSPS) is 12.2. The molecule has 0 radical (unpaired) electrons. The largest absolute Gasteiger partial charge is 0.364 e. The summed E-state index contributed by atoms with van der Waals surface area (Å²) in [7, 11) is 0. The van der Waals surface area contributed by atoms with E-state index in [0.29, 0.717) is 17.7 Å². The van der Waals surface area contributed by atoms with Crippen molar-refractivity contribution in [2.45, 2.75) is 12.8 Å². The van der Waals surface area contributed by atoms with Crippen LogP contribution < -0.4 is 11.1 Å². The molecule has 31 heavy (non-hydrogen) atoms. The van der Waals surface area contributed by atoms with Gasteiger partial charge in [-0.25, -0.2) is 4.68 Å². The third-order valence-electron chi connectivity index (χ3n) is 5.22. The van der Waals surface area contributed by atoms with E-state index in [1.54, 1.807) is 10.7 Å². The van der Waals surface area contributed by atoms with Crippen LogP contribution in [0.4, 0.5) is 5.69 Å². The first-order valence-corrected chi connectivity index (χ1v) is 10.8. The van der Waals surface area contributed by atoms with Gasteiger partial charge >= 0.3 is 0 Å². The Bertz CT molecular complexity index is 1330. The van der Waals surface area contributed by atoms with Gasteiger partial charge in [-0.3, -0.25) is 14.6 Å². The standard InChI is InChI=1S/C22H16ClN5O2S/c23-17-11-25-8-7-14(17)22(30)26-13-5-3-12-4-6-15-19(21(24)29)27-28(18-2-1-9-31-18)20(15)16(12)10-13/h1-3,5,7-11H,4,6H2,(H2,24,29)(H,26,30). The zero-order chi connectivity index (χ0) is 21.5. The van der Waals surface area contributed by atoms with E-state index in [1.807, 2.05) is 35.7 Å². The van der Waals surface area contributed by atoms with Crippen molar-refractivity contribution < 1.29 is 9.59 Å². The molecule has 0 spiro atoms. The number of nitrogens with one attached hydrogen (secondary N) is 1. The summed E-state index contributed by atoms with van der Waals surface area (Å²) < 4.78 is 1.77. The zero-order valence-electron chi connectivity index (χ0n) is 16.1. The number of halogens is 1. The van der Waals surface area contributed by atoms with Gasteiger partial charge in [0.2, 0.25) is 0 Å². The number of aryl methyl sites for hydroxylation is 1. The number of benzene rings is 1. The molecule has 3 N–H and O–H groups in total. The molecule has 1 aliphatic rings. The van der Waals surface area contributed by atoms with Crippen LogP contribution in [0.2, 0.25) is 5.02 Å². The SMILES string of the molecule is NC(=O)c1nn(-c2cccs2)c2c1CCc1ccc(NC(=O)c3ccncc3Cl)cc1-2. The highest BCUT2D eigenvalue weighted by molar-refractivity contribution is 7.12. The van der Waals surface area contributed by atoms with E-state index < -0.39 is 5.91 Å². The molecular weight excluding hydrogens is 434 g/mol.